The molecule has 130 valence electrons. The molecule has 1 aliphatic carbocycles. The Hall–Kier alpha value is -2.70. The Morgan fingerprint density at radius 2 is 1.92 bits per heavy atom. The van der Waals surface area contributed by atoms with Gasteiger partial charge in [-0.3, -0.25) is 9.59 Å². The van der Waals surface area contributed by atoms with Gasteiger partial charge in [-0.25, -0.2) is 0 Å². The summed E-state index contributed by atoms with van der Waals surface area (Å²) >= 11 is 0. The number of aliphatic carboxylic acids is 1. The summed E-state index contributed by atoms with van der Waals surface area (Å²) < 4.78 is 5.29. The maximum atomic E-state index is 12.6. The maximum Gasteiger partial charge on any atom is 0.308 e. The molecule has 1 amide bonds. The van der Waals surface area contributed by atoms with Gasteiger partial charge in [0.2, 0.25) is 0 Å². The van der Waals surface area contributed by atoms with Gasteiger partial charge < -0.3 is 14.5 Å². The molecule has 2 aromatic rings. The predicted molar refractivity (Wildman–Crippen MR) is 88.0 cm³/mol. The highest BCUT2D eigenvalue weighted by Gasteiger charge is 2.30. The summed E-state index contributed by atoms with van der Waals surface area (Å²) in [5, 5.41) is 13.1. The Bertz CT molecular complexity index is 795. The van der Waals surface area contributed by atoms with E-state index in [2.05, 4.69) is 10.1 Å². The van der Waals surface area contributed by atoms with Crippen LogP contribution in [0.3, 0.4) is 0 Å². The molecule has 0 bridgehead atoms. The average molecular weight is 341 g/mol. The molecule has 2 aliphatic rings. The van der Waals surface area contributed by atoms with Crippen LogP contribution < -0.4 is 0 Å². The molecule has 1 atom stereocenters. The van der Waals surface area contributed by atoms with Crippen LogP contribution in [0.15, 0.2) is 28.8 Å². The molecular weight excluding hydrogens is 322 g/mol. The lowest BCUT2D eigenvalue weighted by molar-refractivity contribution is -0.143. The van der Waals surface area contributed by atoms with Gasteiger partial charge in [-0.05, 0) is 49.9 Å². The van der Waals surface area contributed by atoms with E-state index < -0.39 is 11.9 Å². The van der Waals surface area contributed by atoms with Crippen LogP contribution in [-0.2, 0) is 4.79 Å². The van der Waals surface area contributed by atoms with Crippen molar-refractivity contribution in [3.05, 3.63) is 35.7 Å². The second-order valence-electron chi connectivity index (χ2n) is 6.74. The molecule has 7 nitrogen and oxygen atoms in total. The van der Waals surface area contributed by atoms with Crippen molar-refractivity contribution in [2.75, 3.05) is 13.1 Å². The van der Waals surface area contributed by atoms with Crippen molar-refractivity contribution >= 4 is 11.9 Å². The van der Waals surface area contributed by atoms with E-state index >= 15 is 0 Å². The maximum absolute atomic E-state index is 12.6. The van der Waals surface area contributed by atoms with Crippen LogP contribution in [0.25, 0.3) is 11.5 Å². The van der Waals surface area contributed by atoms with Gasteiger partial charge in [0.1, 0.15) is 0 Å². The van der Waals surface area contributed by atoms with Gasteiger partial charge in [0.15, 0.2) is 5.82 Å². The van der Waals surface area contributed by atoms with Gasteiger partial charge in [0, 0.05) is 30.1 Å². The smallest absolute Gasteiger partial charge is 0.308 e. The van der Waals surface area contributed by atoms with Crippen LogP contribution in [0.4, 0.5) is 0 Å². The van der Waals surface area contributed by atoms with Gasteiger partial charge in [0.05, 0.1) is 5.92 Å². The number of rotatable bonds is 4. The van der Waals surface area contributed by atoms with Crippen molar-refractivity contribution in [3.63, 3.8) is 0 Å². The summed E-state index contributed by atoms with van der Waals surface area (Å²) in [7, 11) is 0. The number of carbonyl (C=O) groups excluding carboxylic acids is 1. The van der Waals surface area contributed by atoms with Crippen molar-refractivity contribution < 1.29 is 19.2 Å². The molecule has 1 aliphatic heterocycles. The van der Waals surface area contributed by atoms with E-state index in [1.807, 2.05) is 0 Å². The third kappa shape index (κ3) is 3.26. The molecule has 2 heterocycles. The predicted octanol–water partition coefficient (Wildman–Crippen LogP) is 2.55. The quantitative estimate of drug-likeness (QED) is 0.918. The zero-order chi connectivity index (χ0) is 17.4. The minimum atomic E-state index is -0.837. The average Bonchev–Trinajstić information content (AvgIpc) is 3.38. The number of likely N-dealkylation sites (tertiary alicyclic amines) is 1. The Labute approximate surface area is 144 Å². The minimum absolute atomic E-state index is 0.137. The van der Waals surface area contributed by atoms with Crippen molar-refractivity contribution in [1.29, 1.82) is 0 Å². The van der Waals surface area contributed by atoms with Gasteiger partial charge in [-0.15, -0.1) is 0 Å². The lowest BCUT2D eigenvalue weighted by atomic mass is 9.97. The lowest BCUT2D eigenvalue weighted by Gasteiger charge is -2.30. The van der Waals surface area contributed by atoms with E-state index in [-0.39, 0.29) is 12.5 Å². The van der Waals surface area contributed by atoms with E-state index in [0.717, 1.165) is 24.2 Å². The molecule has 1 N–H and O–H groups in total. The summed E-state index contributed by atoms with van der Waals surface area (Å²) in [5.74, 6) is 0.196. The zero-order valence-corrected chi connectivity index (χ0v) is 13.7. The van der Waals surface area contributed by atoms with Crippen LogP contribution in [0, 0.1) is 5.92 Å². The molecule has 0 radical (unpaired) electrons. The van der Waals surface area contributed by atoms with E-state index in [1.165, 1.54) is 0 Å². The van der Waals surface area contributed by atoms with Crippen molar-refractivity contribution in [2.45, 2.75) is 31.6 Å². The lowest BCUT2D eigenvalue weighted by Crippen LogP contribution is -2.42. The number of aromatic nitrogens is 2. The fourth-order valence-electron chi connectivity index (χ4n) is 3.16. The molecule has 1 saturated carbocycles. The summed E-state index contributed by atoms with van der Waals surface area (Å²) in [4.78, 5) is 29.8. The molecular formula is C18H19N3O4. The number of hydrogen-bond acceptors (Lipinski definition) is 5. The first-order valence-corrected chi connectivity index (χ1v) is 8.58. The first-order valence-electron chi connectivity index (χ1n) is 8.58. The fourth-order valence-corrected chi connectivity index (χ4v) is 3.16. The van der Waals surface area contributed by atoms with Crippen LogP contribution in [-0.4, -0.2) is 45.1 Å². The third-order valence-corrected chi connectivity index (χ3v) is 4.82. The summed E-state index contributed by atoms with van der Waals surface area (Å²) in [6.07, 6.45) is 3.56. The normalized spacial score (nSPS) is 20.5. The molecule has 1 aromatic carbocycles. The first-order chi connectivity index (χ1) is 12.1. The second kappa shape index (κ2) is 6.31. The molecule has 7 heteroatoms. The molecule has 25 heavy (non-hydrogen) atoms. The number of carboxylic acids is 1. The molecule has 0 spiro atoms. The highest BCUT2D eigenvalue weighted by molar-refractivity contribution is 5.95. The number of amides is 1. The summed E-state index contributed by atoms with van der Waals surface area (Å²) in [6, 6.07) is 7.03. The van der Waals surface area contributed by atoms with Gasteiger partial charge in [-0.2, -0.15) is 4.98 Å². The third-order valence-electron chi connectivity index (χ3n) is 4.82. The van der Waals surface area contributed by atoms with Crippen molar-refractivity contribution in [3.8, 4) is 11.5 Å². The van der Waals surface area contributed by atoms with Gasteiger partial charge in [0.25, 0.3) is 11.8 Å². The number of hydrogen-bond donors (Lipinski definition) is 1. The number of benzene rings is 1. The molecule has 1 saturated heterocycles. The number of carbonyl (C=O) groups is 2. The van der Waals surface area contributed by atoms with Crippen molar-refractivity contribution in [2.24, 2.45) is 5.92 Å². The largest absolute Gasteiger partial charge is 0.481 e. The minimum Gasteiger partial charge on any atom is -0.481 e. The molecule has 1 aromatic heterocycles. The molecule has 4 rings (SSSR count). The van der Waals surface area contributed by atoms with E-state index in [0.29, 0.717) is 36.8 Å². The van der Waals surface area contributed by atoms with Crippen molar-refractivity contribution in [1.82, 2.24) is 15.0 Å². The highest BCUT2D eigenvalue weighted by atomic mass is 16.5. The molecule has 2 fully saturated rings. The van der Waals surface area contributed by atoms with Crippen LogP contribution in [0.1, 0.15) is 47.8 Å². The topological polar surface area (TPSA) is 96.5 Å². The summed E-state index contributed by atoms with van der Waals surface area (Å²) in [6.45, 7) is 0.864. The Morgan fingerprint density at radius 3 is 2.60 bits per heavy atom. The van der Waals surface area contributed by atoms with E-state index in [4.69, 9.17) is 9.63 Å². The van der Waals surface area contributed by atoms with Gasteiger partial charge >= 0.3 is 5.97 Å². The summed E-state index contributed by atoms with van der Waals surface area (Å²) in [5.41, 5.74) is 1.31. The standard InChI is InChI=1S/C18H19N3O4/c22-17(21-9-1-2-14(10-21)18(23)24)13-7-5-12(6-8-13)16-19-15(20-25-16)11-3-4-11/h5-8,11,14H,1-4,9-10H2,(H,23,24). The fraction of sp³-hybridized carbons (Fsp3) is 0.444. The SMILES string of the molecule is O=C(O)C1CCCN(C(=O)c2ccc(-c3nc(C4CC4)no3)cc2)C1. The molecule has 1 unspecified atom stereocenters. The Morgan fingerprint density at radius 1 is 1.16 bits per heavy atom. The van der Waals surface area contributed by atoms with Crippen LogP contribution in [0.5, 0.6) is 0 Å². The number of nitrogens with zero attached hydrogens (tertiary/aromatic N) is 3. The van der Waals surface area contributed by atoms with E-state index in [9.17, 15) is 9.59 Å². The highest BCUT2D eigenvalue weighted by Crippen LogP contribution is 2.38. The number of carboxylic acid groups (broad SMARTS) is 1. The Balaban J connectivity index is 1.47. The number of piperidine rings is 1. The second-order valence-corrected chi connectivity index (χ2v) is 6.74. The zero-order valence-electron chi connectivity index (χ0n) is 13.7. The first kappa shape index (κ1) is 15.8. The van der Waals surface area contributed by atoms with Gasteiger partial charge in [-0.1, -0.05) is 5.16 Å². The van der Waals surface area contributed by atoms with E-state index in [1.54, 1.807) is 29.2 Å². The Kier molecular flexibility index (Phi) is 3.99. The van der Waals surface area contributed by atoms with Crippen LogP contribution >= 0.6 is 0 Å². The van der Waals surface area contributed by atoms with Crippen LogP contribution in [0.2, 0.25) is 0 Å². The monoisotopic (exact) mass is 341 g/mol.